The Morgan fingerprint density at radius 2 is 2.14 bits per heavy atom. The van der Waals surface area contributed by atoms with Crippen LogP contribution >= 0.6 is 0 Å². The first-order valence-electron chi connectivity index (χ1n) is 10.1. The lowest BCUT2D eigenvalue weighted by atomic mass is 10.2. The second kappa shape index (κ2) is 7.97. The molecule has 1 N–H and O–H groups in total. The standard InChI is InChI=1S/C22H29N3O3/c1-15(2)25-18-9-5-4-8-17(18)21-19(25)13-20(24(21)10-12-27-3)22(26)23-14-16-7-6-11-28-16/h4-5,8-9,13,15-16H,6-7,10-12,14H2,1-3H3,(H,23,26). The Balaban J connectivity index is 1.79. The molecule has 0 radical (unpaired) electrons. The first-order chi connectivity index (χ1) is 13.6. The van der Waals surface area contributed by atoms with E-state index in [1.165, 1.54) is 10.9 Å². The molecule has 1 aromatic carbocycles. The zero-order valence-electron chi connectivity index (χ0n) is 16.9. The highest BCUT2D eigenvalue weighted by Gasteiger charge is 2.23. The van der Waals surface area contributed by atoms with Crippen LogP contribution in [-0.2, 0) is 16.0 Å². The Labute approximate surface area is 165 Å². The van der Waals surface area contributed by atoms with Gasteiger partial charge in [0, 0.05) is 38.2 Å². The van der Waals surface area contributed by atoms with Gasteiger partial charge in [0.15, 0.2) is 0 Å². The van der Waals surface area contributed by atoms with Crippen LogP contribution in [0.5, 0.6) is 0 Å². The Kier molecular flexibility index (Phi) is 5.42. The summed E-state index contributed by atoms with van der Waals surface area (Å²) in [6, 6.07) is 10.7. The molecule has 1 fully saturated rings. The molecule has 3 heterocycles. The maximum Gasteiger partial charge on any atom is 0.268 e. The highest BCUT2D eigenvalue weighted by atomic mass is 16.5. The molecular formula is C22H29N3O3. The number of methoxy groups -OCH3 is 1. The van der Waals surface area contributed by atoms with Crippen molar-refractivity contribution in [2.75, 3.05) is 26.9 Å². The SMILES string of the molecule is COCCn1c(C(=O)NCC2CCCO2)cc2c1c1ccccc1n2C(C)C. The second-order valence-electron chi connectivity index (χ2n) is 7.73. The fourth-order valence-electron chi connectivity index (χ4n) is 4.28. The first kappa shape index (κ1) is 19.0. The number of aromatic nitrogens is 2. The van der Waals surface area contributed by atoms with Gasteiger partial charge in [0.1, 0.15) is 5.69 Å². The van der Waals surface area contributed by atoms with Crippen molar-refractivity contribution in [2.45, 2.75) is 45.4 Å². The Bertz CT molecular complexity index is 980. The molecule has 28 heavy (non-hydrogen) atoms. The highest BCUT2D eigenvalue weighted by molar-refractivity contribution is 6.10. The molecule has 0 saturated carbocycles. The zero-order chi connectivity index (χ0) is 19.7. The van der Waals surface area contributed by atoms with E-state index in [0.29, 0.717) is 31.4 Å². The van der Waals surface area contributed by atoms with Crippen LogP contribution in [0, 0.1) is 0 Å². The van der Waals surface area contributed by atoms with Crippen molar-refractivity contribution in [3.63, 3.8) is 0 Å². The van der Waals surface area contributed by atoms with Gasteiger partial charge in [0.2, 0.25) is 0 Å². The fraction of sp³-hybridized carbons (Fsp3) is 0.500. The quantitative estimate of drug-likeness (QED) is 0.676. The van der Waals surface area contributed by atoms with E-state index in [0.717, 1.165) is 30.5 Å². The largest absolute Gasteiger partial charge is 0.383 e. The molecule has 0 bridgehead atoms. The van der Waals surface area contributed by atoms with E-state index in [-0.39, 0.29) is 12.0 Å². The van der Waals surface area contributed by atoms with Crippen LogP contribution in [0.3, 0.4) is 0 Å². The molecule has 6 heteroatoms. The normalized spacial score (nSPS) is 17.2. The van der Waals surface area contributed by atoms with Gasteiger partial charge >= 0.3 is 0 Å². The van der Waals surface area contributed by atoms with Gasteiger partial charge in [-0.15, -0.1) is 0 Å². The van der Waals surface area contributed by atoms with E-state index in [2.05, 4.69) is 52.6 Å². The lowest BCUT2D eigenvalue weighted by Gasteiger charge is -2.13. The van der Waals surface area contributed by atoms with Gasteiger partial charge in [-0.2, -0.15) is 0 Å². The van der Waals surface area contributed by atoms with Crippen LogP contribution in [0.15, 0.2) is 30.3 Å². The molecule has 2 aromatic heterocycles. The molecule has 1 saturated heterocycles. The molecule has 1 amide bonds. The number of fused-ring (bicyclic) bond motifs is 3. The van der Waals surface area contributed by atoms with Gasteiger partial charge in [-0.25, -0.2) is 0 Å². The Hall–Kier alpha value is -2.31. The van der Waals surface area contributed by atoms with Gasteiger partial charge in [-0.05, 0) is 38.8 Å². The van der Waals surface area contributed by atoms with E-state index in [1.807, 2.05) is 6.07 Å². The lowest BCUT2D eigenvalue weighted by molar-refractivity contribution is 0.0848. The van der Waals surface area contributed by atoms with Gasteiger partial charge < -0.3 is 23.9 Å². The van der Waals surface area contributed by atoms with Crippen molar-refractivity contribution < 1.29 is 14.3 Å². The van der Waals surface area contributed by atoms with Crippen molar-refractivity contribution in [2.24, 2.45) is 0 Å². The number of carbonyl (C=O) groups is 1. The maximum absolute atomic E-state index is 13.0. The molecule has 1 atom stereocenters. The average Bonchev–Trinajstić information content (AvgIpc) is 3.39. The third-order valence-electron chi connectivity index (χ3n) is 5.54. The van der Waals surface area contributed by atoms with Gasteiger partial charge in [0.05, 0.1) is 29.3 Å². The highest BCUT2D eigenvalue weighted by Crippen LogP contribution is 2.34. The molecule has 6 nitrogen and oxygen atoms in total. The van der Waals surface area contributed by atoms with Crippen LogP contribution in [0.2, 0.25) is 0 Å². The minimum atomic E-state index is -0.0535. The number of rotatable bonds is 7. The van der Waals surface area contributed by atoms with Gasteiger partial charge in [0.25, 0.3) is 5.91 Å². The number of carbonyl (C=O) groups excluding carboxylic acids is 1. The average molecular weight is 383 g/mol. The third kappa shape index (κ3) is 3.31. The van der Waals surface area contributed by atoms with E-state index < -0.39 is 0 Å². The van der Waals surface area contributed by atoms with Crippen LogP contribution in [0.4, 0.5) is 0 Å². The van der Waals surface area contributed by atoms with Crippen LogP contribution in [0.25, 0.3) is 21.9 Å². The summed E-state index contributed by atoms with van der Waals surface area (Å²) in [4.78, 5) is 13.0. The van der Waals surface area contributed by atoms with Crippen molar-refractivity contribution in [1.82, 2.24) is 14.5 Å². The molecule has 1 aliphatic rings. The van der Waals surface area contributed by atoms with Gasteiger partial charge in [-0.1, -0.05) is 18.2 Å². The van der Waals surface area contributed by atoms with Crippen molar-refractivity contribution in [3.05, 3.63) is 36.0 Å². The third-order valence-corrected chi connectivity index (χ3v) is 5.54. The summed E-state index contributed by atoms with van der Waals surface area (Å²) in [5.74, 6) is -0.0535. The summed E-state index contributed by atoms with van der Waals surface area (Å²) in [5.41, 5.74) is 4.07. The van der Waals surface area contributed by atoms with Crippen LogP contribution < -0.4 is 5.32 Å². The molecule has 1 unspecified atom stereocenters. The number of ether oxygens (including phenoxy) is 2. The van der Waals surface area contributed by atoms with Crippen molar-refractivity contribution >= 4 is 27.8 Å². The summed E-state index contributed by atoms with van der Waals surface area (Å²) in [5, 5.41) is 4.24. The minimum absolute atomic E-state index is 0.0535. The van der Waals surface area contributed by atoms with Crippen LogP contribution in [0.1, 0.15) is 43.2 Å². The molecule has 150 valence electrons. The number of benzene rings is 1. The number of para-hydroxylation sites is 1. The molecular weight excluding hydrogens is 354 g/mol. The number of nitrogens with zero attached hydrogens (tertiary/aromatic N) is 2. The lowest BCUT2D eigenvalue weighted by Crippen LogP contribution is -2.33. The predicted molar refractivity (Wildman–Crippen MR) is 111 cm³/mol. The molecule has 4 rings (SSSR count). The van der Waals surface area contributed by atoms with Gasteiger partial charge in [-0.3, -0.25) is 4.79 Å². The van der Waals surface area contributed by atoms with E-state index in [1.54, 1.807) is 7.11 Å². The summed E-state index contributed by atoms with van der Waals surface area (Å²) in [7, 11) is 1.69. The van der Waals surface area contributed by atoms with Crippen molar-refractivity contribution in [3.8, 4) is 0 Å². The number of nitrogens with one attached hydrogen (secondary N) is 1. The molecule has 0 aliphatic carbocycles. The number of amides is 1. The summed E-state index contributed by atoms with van der Waals surface area (Å²) in [6.45, 7) is 6.89. The summed E-state index contributed by atoms with van der Waals surface area (Å²) < 4.78 is 15.4. The number of hydrogen-bond donors (Lipinski definition) is 1. The fourth-order valence-corrected chi connectivity index (χ4v) is 4.28. The Morgan fingerprint density at radius 1 is 1.32 bits per heavy atom. The molecule has 1 aliphatic heterocycles. The Morgan fingerprint density at radius 3 is 2.86 bits per heavy atom. The van der Waals surface area contributed by atoms with E-state index >= 15 is 0 Å². The van der Waals surface area contributed by atoms with Crippen LogP contribution in [-0.4, -0.2) is 48.0 Å². The summed E-state index contributed by atoms with van der Waals surface area (Å²) >= 11 is 0. The zero-order valence-corrected chi connectivity index (χ0v) is 16.9. The topological polar surface area (TPSA) is 57.4 Å². The predicted octanol–water partition coefficient (Wildman–Crippen LogP) is 3.73. The second-order valence-corrected chi connectivity index (χ2v) is 7.73. The number of hydrogen-bond acceptors (Lipinski definition) is 3. The van der Waals surface area contributed by atoms with E-state index in [4.69, 9.17) is 9.47 Å². The summed E-state index contributed by atoms with van der Waals surface area (Å²) in [6.07, 6.45) is 2.21. The maximum atomic E-state index is 13.0. The minimum Gasteiger partial charge on any atom is -0.383 e. The smallest absolute Gasteiger partial charge is 0.268 e. The van der Waals surface area contributed by atoms with E-state index in [9.17, 15) is 4.79 Å². The first-order valence-corrected chi connectivity index (χ1v) is 10.1. The van der Waals surface area contributed by atoms with Crippen molar-refractivity contribution in [1.29, 1.82) is 0 Å². The molecule has 3 aromatic rings. The molecule has 0 spiro atoms. The monoisotopic (exact) mass is 383 g/mol.